The van der Waals surface area contributed by atoms with Gasteiger partial charge in [-0.1, -0.05) is 0 Å². The number of halogens is 3. The van der Waals surface area contributed by atoms with Gasteiger partial charge in [0.2, 0.25) is 0 Å². The molecule has 0 saturated heterocycles. The molecular weight excluding hydrogens is 316 g/mol. The average Bonchev–Trinajstić information content (AvgIpc) is 2.37. The van der Waals surface area contributed by atoms with Gasteiger partial charge in [-0.3, -0.25) is 0 Å². The number of rotatable bonds is 7. The third kappa shape index (κ3) is 6.84. The van der Waals surface area contributed by atoms with E-state index in [2.05, 4.69) is 18.0 Å². The Bertz CT molecular complexity index is 379. The molecule has 0 bridgehead atoms. The van der Waals surface area contributed by atoms with E-state index in [-0.39, 0.29) is 15.0 Å². The molecule has 1 aromatic carbocycles. The Balaban J connectivity index is 2.32. The van der Waals surface area contributed by atoms with Gasteiger partial charge in [-0.15, -0.1) is 0 Å². The molecule has 1 rings (SSSR count). The molecule has 0 nitrogen and oxygen atoms in total. The predicted octanol–water partition coefficient (Wildman–Crippen LogP) is 4.52. The Morgan fingerprint density at radius 2 is 1.74 bits per heavy atom. The van der Waals surface area contributed by atoms with E-state index in [9.17, 15) is 13.2 Å². The van der Waals surface area contributed by atoms with Crippen LogP contribution in [0.4, 0.5) is 13.2 Å². The molecule has 0 heterocycles. The number of hydrogen-bond acceptors (Lipinski definition) is 0. The van der Waals surface area contributed by atoms with E-state index in [0.29, 0.717) is 0 Å². The molecular formula is C15H19F3Se. The topological polar surface area (TPSA) is 0 Å². The van der Waals surface area contributed by atoms with Gasteiger partial charge in [0.15, 0.2) is 0 Å². The van der Waals surface area contributed by atoms with Crippen LogP contribution in [0.15, 0.2) is 35.3 Å². The van der Waals surface area contributed by atoms with Gasteiger partial charge in [0, 0.05) is 0 Å². The quantitative estimate of drug-likeness (QED) is 0.508. The van der Waals surface area contributed by atoms with Crippen LogP contribution < -0.4 is 4.46 Å². The first-order valence-corrected chi connectivity index (χ1v) is 8.37. The second-order valence-corrected chi connectivity index (χ2v) is 6.42. The van der Waals surface area contributed by atoms with Crippen molar-refractivity contribution >= 4 is 19.4 Å². The number of alkyl halides is 3. The molecule has 0 radical (unpaired) electrons. The number of unbranched alkanes of at least 4 members (excludes halogenated alkanes) is 4. The Morgan fingerprint density at radius 3 is 2.32 bits per heavy atom. The summed E-state index contributed by atoms with van der Waals surface area (Å²) in [5, 5.41) is 0. The molecule has 0 aromatic heterocycles. The fraction of sp³-hybridized carbons (Fsp3) is 0.467. The van der Waals surface area contributed by atoms with Crippen LogP contribution >= 0.6 is 0 Å². The first-order chi connectivity index (χ1) is 9.04. The second-order valence-electron chi connectivity index (χ2n) is 4.36. The van der Waals surface area contributed by atoms with Crippen LogP contribution in [0.1, 0.15) is 44.6 Å². The molecule has 0 unspecified atom stereocenters. The minimum atomic E-state index is -4.24. The Hall–Kier alpha value is -0.731. The summed E-state index contributed by atoms with van der Waals surface area (Å²) in [6.45, 7) is 2.18. The molecule has 106 valence electrons. The van der Waals surface area contributed by atoms with Crippen molar-refractivity contribution in [2.24, 2.45) is 0 Å². The fourth-order valence-electron chi connectivity index (χ4n) is 1.61. The van der Waals surface area contributed by atoms with Gasteiger partial charge in [-0.2, -0.15) is 0 Å². The predicted molar refractivity (Wildman–Crippen MR) is 74.7 cm³/mol. The average molecular weight is 335 g/mol. The standard InChI is InChI=1S/C15H19F3Se/c1-2-3-4-5-6-7-12-19-14-10-8-13(9-11-14)15(16,17)18/h7-12H,2-6H2,1H3/b12-7-. The van der Waals surface area contributed by atoms with Crippen LogP contribution in [0.3, 0.4) is 0 Å². The van der Waals surface area contributed by atoms with Crippen molar-refractivity contribution in [3.05, 3.63) is 40.9 Å². The SMILES string of the molecule is CCCCCC/C=C\[Se]c1ccc(C(F)(F)F)cc1. The van der Waals surface area contributed by atoms with Crippen LogP contribution in [0.2, 0.25) is 0 Å². The van der Waals surface area contributed by atoms with E-state index in [1.807, 2.05) is 0 Å². The van der Waals surface area contributed by atoms with E-state index in [0.717, 1.165) is 23.0 Å². The number of allylic oxidation sites excluding steroid dienone is 1. The van der Waals surface area contributed by atoms with Crippen molar-refractivity contribution in [1.82, 2.24) is 0 Å². The molecule has 0 aliphatic heterocycles. The van der Waals surface area contributed by atoms with Gasteiger partial charge in [0.1, 0.15) is 0 Å². The molecule has 19 heavy (non-hydrogen) atoms. The van der Waals surface area contributed by atoms with Crippen LogP contribution in [0, 0.1) is 0 Å². The third-order valence-corrected chi connectivity index (χ3v) is 4.54. The molecule has 0 aliphatic carbocycles. The molecule has 0 aliphatic rings. The van der Waals surface area contributed by atoms with Crippen LogP contribution in [0.25, 0.3) is 0 Å². The summed E-state index contributed by atoms with van der Waals surface area (Å²) < 4.78 is 38.1. The van der Waals surface area contributed by atoms with Crippen LogP contribution in [0.5, 0.6) is 0 Å². The maximum absolute atomic E-state index is 12.4. The number of hydrogen-bond donors (Lipinski definition) is 0. The van der Waals surface area contributed by atoms with E-state index in [4.69, 9.17) is 0 Å². The second kappa shape index (κ2) is 8.44. The number of benzene rings is 1. The molecule has 0 atom stereocenters. The Kier molecular flexibility index (Phi) is 7.25. The van der Waals surface area contributed by atoms with E-state index >= 15 is 0 Å². The summed E-state index contributed by atoms with van der Waals surface area (Å²) >= 11 is 0.134. The minimum absolute atomic E-state index is 0.134. The molecule has 4 heteroatoms. The summed E-state index contributed by atoms with van der Waals surface area (Å²) in [5.41, 5.74) is -0.574. The fourth-order valence-corrected chi connectivity index (χ4v) is 3.04. The third-order valence-electron chi connectivity index (χ3n) is 2.71. The summed E-state index contributed by atoms with van der Waals surface area (Å²) in [5.74, 6) is 0. The van der Waals surface area contributed by atoms with Gasteiger partial charge in [-0.05, 0) is 0 Å². The van der Waals surface area contributed by atoms with Crippen molar-refractivity contribution in [3.8, 4) is 0 Å². The molecule has 1 aromatic rings. The Labute approximate surface area is 119 Å². The summed E-state index contributed by atoms with van der Waals surface area (Å²) in [4.78, 5) is 2.10. The molecule has 0 N–H and O–H groups in total. The normalized spacial score (nSPS) is 12.2. The van der Waals surface area contributed by atoms with Crippen molar-refractivity contribution in [3.63, 3.8) is 0 Å². The zero-order valence-corrected chi connectivity index (χ0v) is 12.8. The van der Waals surface area contributed by atoms with Crippen molar-refractivity contribution in [1.29, 1.82) is 0 Å². The van der Waals surface area contributed by atoms with Crippen LogP contribution in [-0.4, -0.2) is 15.0 Å². The molecule has 0 saturated carbocycles. The van der Waals surface area contributed by atoms with Crippen LogP contribution in [-0.2, 0) is 6.18 Å². The maximum atomic E-state index is 12.4. The van der Waals surface area contributed by atoms with Gasteiger partial charge < -0.3 is 0 Å². The van der Waals surface area contributed by atoms with Crippen molar-refractivity contribution in [2.75, 3.05) is 0 Å². The monoisotopic (exact) mass is 336 g/mol. The van der Waals surface area contributed by atoms with Crippen molar-refractivity contribution in [2.45, 2.75) is 45.2 Å². The van der Waals surface area contributed by atoms with E-state index in [1.165, 1.54) is 25.7 Å². The molecule has 0 amide bonds. The molecule has 0 fully saturated rings. The summed E-state index contributed by atoms with van der Waals surface area (Å²) in [6.07, 6.45) is 3.95. The summed E-state index contributed by atoms with van der Waals surface area (Å²) in [6, 6.07) is 5.47. The van der Waals surface area contributed by atoms with E-state index < -0.39 is 11.7 Å². The van der Waals surface area contributed by atoms with Crippen molar-refractivity contribution < 1.29 is 13.2 Å². The first-order valence-electron chi connectivity index (χ1n) is 6.53. The van der Waals surface area contributed by atoms with Gasteiger partial charge in [0.25, 0.3) is 0 Å². The van der Waals surface area contributed by atoms with Gasteiger partial charge >= 0.3 is 119 Å². The first kappa shape index (κ1) is 16.3. The Morgan fingerprint density at radius 1 is 1.05 bits per heavy atom. The van der Waals surface area contributed by atoms with Gasteiger partial charge in [-0.25, -0.2) is 0 Å². The summed E-state index contributed by atoms with van der Waals surface area (Å²) in [7, 11) is 0. The zero-order chi connectivity index (χ0) is 14.1. The van der Waals surface area contributed by atoms with E-state index in [1.54, 1.807) is 12.1 Å². The van der Waals surface area contributed by atoms with Gasteiger partial charge in [0.05, 0.1) is 0 Å². The molecule has 0 spiro atoms. The zero-order valence-electron chi connectivity index (χ0n) is 11.0.